The molecule has 1 saturated heterocycles. The fourth-order valence-electron chi connectivity index (χ4n) is 3.17. The molecule has 3 rings (SSSR count). The number of anilines is 1. The maximum absolute atomic E-state index is 9.62. The second-order valence-corrected chi connectivity index (χ2v) is 5.71. The lowest BCUT2D eigenvalue weighted by Gasteiger charge is -2.33. The summed E-state index contributed by atoms with van der Waals surface area (Å²) in [5, 5.41) is 9.62. The van der Waals surface area contributed by atoms with E-state index in [4.69, 9.17) is 10.7 Å². The molecule has 0 unspecified atom stereocenters. The lowest BCUT2D eigenvalue weighted by Crippen LogP contribution is -2.37. The second kappa shape index (κ2) is 5.47. The van der Waals surface area contributed by atoms with E-state index < -0.39 is 0 Å². The SMILES string of the molecule is NCc1cc2c(nc1N1CCC(O)CC1)CCCC2. The molecule has 3 N–H and O–H groups in total. The summed E-state index contributed by atoms with van der Waals surface area (Å²) >= 11 is 0. The zero-order valence-corrected chi connectivity index (χ0v) is 11.4. The lowest BCUT2D eigenvalue weighted by molar-refractivity contribution is 0.145. The normalized spacial score (nSPS) is 20.4. The van der Waals surface area contributed by atoms with Crippen LogP contribution in [0.4, 0.5) is 5.82 Å². The first-order valence-corrected chi connectivity index (χ1v) is 7.42. The standard InChI is InChI=1S/C15H23N3O/c16-10-12-9-11-3-1-2-4-14(11)17-15(12)18-7-5-13(19)6-8-18/h9,13,19H,1-8,10,16H2. The molecule has 4 nitrogen and oxygen atoms in total. The number of rotatable bonds is 2. The Morgan fingerprint density at radius 1 is 1.26 bits per heavy atom. The van der Waals surface area contributed by atoms with Gasteiger partial charge in [-0.05, 0) is 50.2 Å². The Labute approximate surface area is 114 Å². The van der Waals surface area contributed by atoms with Crippen LogP contribution in [0.2, 0.25) is 0 Å². The van der Waals surface area contributed by atoms with Gasteiger partial charge >= 0.3 is 0 Å². The number of aromatic nitrogens is 1. The summed E-state index contributed by atoms with van der Waals surface area (Å²) in [6.07, 6.45) is 6.30. The molecule has 104 valence electrons. The molecule has 1 aliphatic heterocycles. The van der Waals surface area contributed by atoms with Crippen LogP contribution in [0.1, 0.15) is 42.5 Å². The zero-order valence-electron chi connectivity index (χ0n) is 11.4. The summed E-state index contributed by atoms with van der Waals surface area (Å²) in [6.45, 7) is 2.33. The number of nitrogens with zero attached hydrogens (tertiary/aromatic N) is 2. The Bertz CT molecular complexity index is 453. The van der Waals surface area contributed by atoms with Gasteiger partial charge in [0.2, 0.25) is 0 Å². The molecule has 0 spiro atoms. The molecule has 0 bridgehead atoms. The first kappa shape index (κ1) is 12.9. The maximum atomic E-state index is 9.62. The molecule has 1 aromatic rings. The Kier molecular flexibility index (Phi) is 3.71. The van der Waals surface area contributed by atoms with E-state index in [1.54, 1.807) is 0 Å². The maximum Gasteiger partial charge on any atom is 0.133 e. The summed E-state index contributed by atoms with van der Waals surface area (Å²) in [6, 6.07) is 2.27. The highest BCUT2D eigenvalue weighted by Crippen LogP contribution is 2.28. The van der Waals surface area contributed by atoms with Gasteiger partial charge in [-0.3, -0.25) is 0 Å². The van der Waals surface area contributed by atoms with Crippen LogP contribution >= 0.6 is 0 Å². The van der Waals surface area contributed by atoms with Crippen LogP contribution in [-0.4, -0.2) is 29.3 Å². The fraction of sp³-hybridized carbons (Fsp3) is 0.667. The van der Waals surface area contributed by atoms with E-state index in [1.807, 2.05) is 0 Å². The number of hydrogen-bond donors (Lipinski definition) is 2. The summed E-state index contributed by atoms with van der Waals surface area (Å²) in [5.74, 6) is 1.06. The monoisotopic (exact) mass is 261 g/mol. The van der Waals surface area contributed by atoms with Gasteiger partial charge in [0.25, 0.3) is 0 Å². The van der Waals surface area contributed by atoms with Crippen molar-refractivity contribution in [1.82, 2.24) is 4.98 Å². The molecule has 2 aliphatic rings. The number of aliphatic hydroxyl groups excluding tert-OH is 1. The van der Waals surface area contributed by atoms with Crippen molar-refractivity contribution in [1.29, 1.82) is 0 Å². The van der Waals surface area contributed by atoms with Crippen LogP contribution < -0.4 is 10.6 Å². The highest BCUT2D eigenvalue weighted by Gasteiger charge is 2.22. The van der Waals surface area contributed by atoms with Crippen molar-refractivity contribution < 1.29 is 5.11 Å². The topological polar surface area (TPSA) is 62.4 Å². The summed E-state index contributed by atoms with van der Waals surface area (Å²) in [5.41, 5.74) is 9.73. The minimum absolute atomic E-state index is 0.143. The first-order chi connectivity index (χ1) is 9.28. The molecule has 19 heavy (non-hydrogen) atoms. The van der Waals surface area contributed by atoms with E-state index in [1.165, 1.54) is 24.1 Å². The van der Waals surface area contributed by atoms with Gasteiger partial charge in [0.15, 0.2) is 0 Å². The van der Waals surface area contributed by atoms with E-state index in [9.17, 15) is 5.11 Å². The Morgan fingerprint density at radius 2 is 2.00 bits per heavy atom. The molecule has 1 fully saturated rings. The third-order valence-corrected chi connectivity index (χ3v) is 4.34. The Balaban J connectivity index is 1.91. The predicted octanol–water partition coefficient (Wildman–Crippen LogP) is 1.38. The highest BCUT2D eigenvalue weighted by atomic mass is 16.3. The predicted molar refractivity (Wildman–Crippen MR) is 76.2 cm³/mol. The van der Waals surface area contributed by atoms with Gasteiger partial charge < -0.3 is 15.7 Å². The molecule has 0 atom stereocenters. The van der Waals surface area contributed by atoms with Gasteiger partial charge in [0.1, 0.15) is 5.82 Å². The first-order valence-electron chi connectivity index (χ1n) is 7.42. The molecular weight excluding hydrogens is 238 g/mol. The second-order valence-electron chi connectivity index (χ2n) is 5.71. The summed E-state index contributed by atoms with van der Waals surface area (Å²) < 4.78 is 0. The minimum atomic E-state index is -0.143. The van der Waals surface area contributed by atoms with Crippen LogP contribution in [0.25, 0.3) is 0 Å². The number of pyridine rings is 1. The van der Waals surface area contributed by atoms with Crippen molar-refractivity contribution in [2.45, 2.75) is 51.2 Å². The van der Waals surface area contributed by atoms with Crippen LogP contribution in [0.15, 0.2) is 6.07 Å². The molecule has 0 saturated carbocycles. The van der Waals surface area contributed by atoms with Crippen molar-refractivity contribution in [3.8, 4) is 0 Å². The Hall–Kier alpha value is -1.13. The third kappa shape index (κ3) is 2.60. The van der Waals surface area contributed by atoms with E-state index in [0.717, 1.165) is 50.2 Å². The third-order valence-electron chi connectivity index (χ3n) is 4.34. The molecule has 1 aliphatic carbocycles. The van der Waals surface area contributed by atoms with Crippen molar-refractivity contribution in [2.24, 2.45) is 5.73 Å². The molecule has 0 radical (unpaired) electrons. The van der Waals surface area contributed by atoms with Crippen molar-refractivity contribution in [3.63, 3.8) is 0 Å². The number of aliphatic hydroxyl groups is 1. The summed E-state index contributed by atoms with van der Waals surface area (Å²) in [7, 11) is 0. The van der Waals surface area contributed by atoms with Crippen LogP contribution in [-0.2, 0) is 19.4 Å². The van der Waals surface area contributed by atoms with Gasteiger partial charge in [0.05, 0.1) is 6.10 Å². The van der Waals surface area contributed by atoms with Crippen LogP contribution in [0, 0.1) is 0 Å². The van der Waals surface area contributed by atoms with E-state index >= 15 is 0 Å². The molecule has 1 aromatic heterocycles. The smallest absolute Gasteiger partial charge is 0.133 e. The van der Waals surface area contributed by atoms with Gasteiger partial charge in [0, 0.05) is 30.9 Å². The largest absolute Gasteiger partial charge is 0.393 e. The fourth-order valence-corrected chi connectivity index (χ4v) is 3.17. The minimum Gasteiger partial charge on any atom is -0.393 e. The van der Waals surface area contributed by atoms with Crippen molar-refractivity contribution in [3.05, 3.63) is 22.9 Å². The number of fused-ring (bicyclic) bond motifs is 1. The molecular formula is C15H23N3O. The molecule has 2 heterocycles. The number of hydrogen-bond acceptors (Lipinski definition) is 4. The average molecular weight is 261 g/mol. The van der Waals surface area contributed by atoms with Crippen LogP contribution in [0.3, 0.4) is 0 Å². The van der Waals surface area contributed by atoms with Crippen molar-refractivity contribution >= 4 is 5.82 Å². The number of nitrogens with two attached hydrogens (primary N) is 1. The molecule has 4 heteroatoms. The lowest BCUT2D eigenvalue weighted by atomic mass is 9.94. The highest BCUT2D eigenvalue weighted by molar-refractivity contribution is 5.51. The van der Waals surface area contributed by atoms with Gasteiger partial charge in [-0.1, -0.05) is 0 Å². The van der Waals surface area contributed by atoms with Gasteiger partial charge in [-0.2, -0.15) is 0 Å². The van der Waals surface area contributed by atoms with E-state index in [-0.39, 0.29) is 6.10 Å². The van der Waals surface area contributed by atoms with E-state index in [2.05, 4.69) is 11.0 Å². The quantitative estimate of drug-likeness (QED) is 0.844. The van der Waals surface area contributed by atoms with Gasteiger partial charge in [-0.15, -0.1) is 0 Å². The Morgan fingerprint density at radius 3 is 2.74 bits per heavy atom. The van der Waals surface area contributed by atoms with Crippen molar-refractivity contribution in [2.75, 3.05) is 18.0 Å². The molecule has 0 amide bonds. The van der Waals surface area contributed by atoms with E-state index in [0.29, 0.717) is 6.54 Å². The summed E-state index contributed by atoms with van der Waals surface area (Å²) in [4.78, 5) is 7.19. The average Bonchev–Trinajstić information content (AvgIpc) is 2.46. The van der Waals surface area contributed by atoms with Crippen LogP contribution in [0.5, 0.6) is 0 Å². The number of piperidine rings is 1. The zero-order chi connectivity index (χ0) is 13.2. The molecule has 0 aromatic carbocycles. The van der Waals surface area contributed by atoms with Gasteiger partial charge in [-0.25, -0.2) is 4.98 Å². The number of aryl methyl sites for hydroxylation is 2.